The van der Waals surface area contributed by atoms with Crippen molar-refractivity contribution in [3.8, 4) is 0 Å². The number of rotatable bonds is 6. The van der Waals surface area contributed by atoms with Crippen molar-refractivity contribution in [1.29, 1.82) is 0 Å². The largest absolute Gasteiger partial charge is 0.325 e. The normalized spacial score (nSPS) is 24.9. The van der Waals surface area contributed by atoms with Gasteiger partial charge in [0.2, 0.25) is 5.91 Å². The molecule has 0 aromatic carbocycles. The molecule has 0 spiro atoms. The van der Waals surface area contributed by atoms with Crippen LogP contribution >= 0.6 is 0 Å². The number of nitrogens with one attached hydrogen (secondary N) is 1. The Labute approximate surface area is 112 Å². The maximum atomic E-state index is 12.1. The number of hydrogen-bond donors (Lipinski definition) is 1. The van der Waals surface area contributed by atoms with E-state index in [-0.39, 0.29) is 18.1 Å². The van der Waals surface area contributed by atoms with Crippen LogP contribution in [0.3, 0.4) is 0 Å². The summed E-state index contributed by atoms with van der Waals surface area (Å²) in [7, 11) is 0. The Morgan fingerprint density at radius 2 is 1.83 bits per heavy atom. The zero-order chi connectivity index (χ0) is 13.9. The molecule has 1 fully saturated rings. The Morgan fingerprint density at radius 3 is 2.22 bits per heavy atom. The molecule has 0 aromatic heterocycles. The summed E-state index contributed by atoms with van der Waals surface area (Å²) in [6.45, 7) is 14.7. The van der Waals surface area contributed by atoms with Crippen molar-refractivity contribution in [3.05, 3.63) is 0 Å². The lowest BCUT2D eigenvalue weighted by Crippen LogP contribution is -2.45. The van der Waals surface area contributed by atoms with E-state index >= 15 is 0 Å². The van der Waals surface area contributed by atoms with Gasteiger partial charge in [-0.3, -0.25) is 15.0 Å². The smallest absolute Gasteiger partial charge is 0.241 e. The molecule has 1 amide bonds. The van der Waals surface area contributed by atoms with Gasteiger partial charge in [-0.2, -0.15) is 0 Å². The zero-order valence-corrected chi connectivity index (χ0v) is 12.7. The van der Waals surface area contributed by atoms with E-state index in [4.69, 9.17) is 0 Å². The SMILES string of the molecule is CCC1NC(C)N(CCN(C(C)C)C(C)C)C1=O. The van der Waals surface area contributed by atoms with Crippen LogP contribution in [0.5, 0.6) is 0 Å². The van der Waals surface area contributed by atoms with Crippen LogP contribution in [0.1, 0.15) is 48.0 Å². The van der Waals surface area contributed by atoms with Crippen LogP contribution in [0.15, 0.2) is 0 Å². The molecule has 0 aromatic rings. The predicted molar refractivity (Wildman–Crippen MR) is 75.4 cm³/mol. The van der Waals surface area contributed by atoms with Crippen LogP contribution in [0, 0.1) is 0 Å². The molecule has 4 heteroatoms. The number of carbonyl (C=O) groups is 1. The fraction of sp³-hybridized carbons (Fsp3) is 0.929. The summed E-state index contributed by atoms with van der Waals surface area (Å²) in [5.74, 6) is 0.262. The predicted octanol–water partition coefficient (Wildman–Crippen LogP) is 1.66. The highest BCUT2D eigenvalue weighted by Gasteiger charge is 2.35. The van der Waals surface area contributed by atoms with E-state index in [2.05, 4.69) is 51.8 Å². The van der Waals surface area contributed by atoms with Gasteiger partial charge in [-0.1, -0.05) is 6.92 Å². The van der Waals surface area contributed by atoms with Crippen molar-refractivity contribution in [2.24, 2.45) is 0 Å². The lowest BCUT2D eigenvalue weighted by atomic mass is 10.2. The molecule has 1 heterocycles. The molecule has 2 atom stereocenters. The highest BCUT2D eigenvalue weighted by atomic mass is 16.2. The summed E-state index contributed by atoms with van der Waals surface area (Å²) in [4.78, 5) is 16.6. The average molecular weight is 255 g/mol. The molecule has 0 radical (unpaired) electrons. The van der Waals surface area contributed by atoms with E-state index in [0.717, 1.165) is 19.5 Å². The molecule has 0 aliphatic carbocycles. The molecular formula is C14H29N3O. The van der Waals surface area contributed by atoms with Gasteiger partial charge in [-0.25, -0.2) is 0 Å². The van der Waals surface area contributed by atoms with E-state index in [9.17, 15) is 4.79 Å². The fourth-order valence-electron chi connectivity index (χ4n) is 2.78. The van der Waals surface area contributed by atoms with Crippen LogP contribution in [-0.4, -0.2) is 53.1 Å². The summed E-state index contributed by atoms with van der Waals surface area (Å²) in [5, 5.41) is 3.34. The second-order valence-corrected chi connectivity index (χ2v) is 5.76. The highest BCUT2D eigenvalue weighted by Crippen LogP contribution is 2.13. The first-order valence-corrected chi connectivity index (χ1v) is 7.20. The summed E-state index contributed by atoms with van der Waals surface area (Å²) < 4.78 is 0. The Bertz CT molecular complexity index is 270. The minimum atomic E-state index is 0.0200. The fourth-order valence-corrected chi connectivity index (χ4v) is 2.78. The van der Waals surface area contributed by atoms with E-state index in [0.29, 0.717) is 12.1 Å². The maximum Gasteiger partial charge on any atom is 0.241 e. The molecule has 106 valence electrons. The third kappa shape index (κ3) is 3.45. The van der Waals surface area contributed by atoms with Gasteiger partial charge < -0.3 is 4.90 Å². The topological polar surface area (TPSA) is 35.6 Å². The zero-order valence-electron chi connectivity index (χ0n) is 12.7. The van der Waals surface area contributed by atoms with Gasteiger partial charge in [-0.15, -0.1) is 0 Å². The molecule has 1 N–H and O–H groups in total. The number of amides is 1. The first-order valence-electron chi connectivity index (χ1n) is 7.20. The second-order valence-electron chi connectivity index (χ2n) is 5.76. The summed E-state index contributed by atoms with van der Waals surface area (Å²) >= 11 is 0. The standard InChI is InChI=1S/C14H29N3O/c1-7-13-14(18)17(12(6)15-13)9-8-16(10(2)3)11(4)5/h10-13,15H,7-9H2,1-6H3. The van der Waals surface area contributed by atoms with Gasteiger partial charge >= 0.3 is 0 Å². The minimum Gasteiger partial charge on any atom is -0.325 e. The van der Waals surface area contributed by atoms with Crippen molar-refractivity contribution >= 4 is 5.91 Å². The Kier molecular flexibility index (Phi) is 5.60. The molecule has 0 saturated carbocycles. The Hall–Kier alpha value is -0.610. The first-order chi connectivity index (χ1) is 8.38. The molecule has 2 unspecified atom stereocenters. The van der Waals surface area contributed by atoms with Gasteiger partial charge in [0.05, 0.1) is 12.2 Å². The molecular weight excluding hydrogens is 226 g/mol. The molecule has 1 rings (SSSR count). The summed E-state index contributed by atoms with van der Waals surface area (Å²) in [5.41, 5.74) is 0. The van der Waals surface area contributed by atoms with Gasteiger partial charge in [0.1, 0.15) is 0 Å². The average Bonchev–Trinajstić information content (AvgIpc) is 2.55. The van der Waals surface area contributed by atoms with Crippen molar-refractivity contribution in [2.45, 2.75) is 72.3 Å². The molecule has 1 saturated heterocycles. The third-order valence-corrected chi connectivity index (χ3v) is 3.83. The molecule has 4 nitrogen and oxygen atoms in total. The summed E-state index contributed by atoms with van der Waals surface area (Å²) in [6, 6.07) is 1.06. The van der Waals surface area contributed by atoms with Gasteiger partial charge in [0.15, 0.2) is 0 Å². The second kappa shape index (κ2) is 6.53. The summed E-state index contributed by atoms with van der Waals surface area (Å²) in [6.07, 6.45) is 1.04. The lowest BCUT2D eigenvalue weighted by molar-refractivity contribution is -0.130. The van der Waals surface area contributed by atoms with E-state index < -0.39 is 0 Å². The lowest BCUT2D eigenvalue weighted by Gasteiger charge is -2.33. The van der Waals surface area contributed by atoms with Crippen molar-refractivity contribution < 1.29 is 4.79 Å². The van der Waals surface area contributed by atoms with Crippen molar-refractivity contribution in [3.63, 3.8) is 0 Å². The highest BCUT2D eigenvalue weighted by molar-refractivity contribution is 5.84. The minimum absolute atomic E-state index is 0.0200. The quantitative estimate of drug-likeness (QED) is 0.784. The van der Waals surface area contributed by atoms with Gasteiger partial charge in [0.25, 0.3) is 0 Å². The Balaban J connectivity index is 2.54. The van der Waals surface area contributed by atoms with Crippen LogP contribution in [0.25, 0.3) is 0 Å². The number of carbonyl (C=O) groups excluding carboxylic acids is 1. The monoisotopic (exact) mass is 255 g/mol. The Morgan fingerprint density at radius 1 is 1.28 bits per heavy atom. The van der Waals surface area contributed by atoms with Crippen LogP contribution in [-0.2, 0) is 4.79 Å². The van der Waals surface area contributed by atoms with E-state index in [1.165, 1.54) is 0 Å². The molecule has 1 aliphatic heterocycles. The maximum absolute atomic E-state index is 12.1. The van der Waals surface area contributed by atoms with Crippen LogP contribution in [0.4, 0.5) is 0 Å². The van der Waals surface area contributed by atoms with Crippen LogP contribution < -0.4 is 5.32 Å². The number of hydrogen-bond acceptors (Lipinski definition) is 3. The molecule has 0 bridgehead atoms. The van der Waals surface area contributed by atoms with Gasteiger partial charge in [0, 0.05) is 25.2 Å². The van der Waals surface area contributed by atoms with Crippen molar-refractivity contribution in [1.82, 2.24) is 15.1 Å². The third-order valence-electron chi connectivity index (χ3n) is 3.83. The van der Waals surface area contributed by atoms with Crippen LogP contribution in [0.2, 0.25) is 0 Å². The molecule has 18 heavy (non-hydrogen) atoms. The van der Waals surface area contributed by atoms with Crippen molar-refractivity contribution in [2.75, 3.05) is 13.1 Å². The van der Waals surface area contributed by atoms with E-state index in [1.54, 1.807) is 0 Å². The first kappa shape index (κ1) is 15.4. The van der Waals surface area contributed by atoms with Gasteiger partial charge in [-0.05, 0) is 41.0 Å². The van der Waals surface area contributed by atoms with E-state index in [1.807, 2.05) is 4.90 Å². The molecule has 1 aliphatic rings. The number of nitrogens with zero attached hydrogens (tertiary/aromatic N) is 2.